The van der Waals surface area contributed by atoms with Gasteiger partial charge in [-0.1, -0.05) is 41.1 Å². The average molecular weight is 339 g/mol. The Morgan fingerprint density at radius 3 is 2.50 bits per heavy atom. The Morgan fingerprint density at radius 1 is 1.25 bits per heavy atom. The largest absolute Gasteiger partial charge is 0.340 e. The summed E-state index contributed by atoms with van der Waals surface area (Å²) in [5.41, 5.74) is 1.07. The molecule has 0 aliphatic carbocycles. The van der Waals surface area contributed by atoms with Crippen LogP contribution in [0.15, 0.2) is 28.7 Å². The third-order valence-electron chi connectivity index (χ3n) is 4.18. The zero-order chi connectivity index (χ0) is 14.5. The van der Waals surface area contributed by atoms with E-state index in [1.807, 2.05) is 29.2 Å². The molecule has 1 atom stereocenters. The van der Waals surface area contributed by atoms with E-state index in [-0.39, 0.29) is 5.91 Å². The van der Waals surface area contributed by atoms with Gasteiger partial charge in [0.2, 0.25) is 5.91 Å². The smallest absolute Gasteiger partial charge is 0.227 e. The third kappa shape index (κ3) is 3.83. The number of rotatable bonds is 4. The minimum absolute atomic E-state index is 0.237. The van der Waals surface area contributed by atoms with Crippen molar-refractivity contribution in [3.63, 3.8) is 0 Å². The first-order valence-electron chi connectivity index (χ1n) is 7.37. The first kappa shape index (κ1) is 15.5. The van der Waals surface area contributed by atoms with Crippen molar-refractivity contribution in [2.75, 3.05) is 26.2 Å². The molecule has 1 aliphatic heterocycles. The van der Waals surface area contributed by atoms with Gasteiger partial charge in [0, 0.05) is 36.7 Å². The second kappa shape index (κ2) is 7.23. The SMILES string of the molecule is CCC(C)N1CCN(C(=O)Cc2ccccc2Br)CC1. The molecule has 1 unspecified atom stereocenters. The number of amides is 1. The molecule has 1 aromatic carbocycles. The van der Waals surface area contributed by atoms with Gasteiger partial charge in [0.05, 0.1) is 6.42 Å². The molecule has 0 bridgehead atoms. The van der Waals surface area contributed by atoms with Crippen LogP contribution >= 0.6 is 15.9 Å². The topological polar surface area (TPSA) is 23.6 Å². The zero-order valence-corrected chi connectivity index (χ0v) is 13.9. The van der Waals surface area contributed by atoms with Gasteiger partial charge >= 0.3 is 0 Å². The van der Waals surface area contributed by atoms with Crippen molar-refractivity contribution in [1.82, 2.24) is 9.80 Å². The molecule has 1 fully saturated rings. The Kier molecular flexibility index (Phi) is 5.61. The Morgan fingerprint density at radius 2 is 1.90 bits per heavy atom. The molecule has 1 aliphatic rings. The molecule has 0 N–H and O–H groups in total. The molecule has 4 heteroatoms. The van der Waals surface area contributed by atoms with E-state index < -0.39 is 0 Å². The summed E-state index contributed by atoms with van der Waals surface area (Å²) in [6, 6.07) is 8.58. The van der Waals surface area contributed by atoms with E-state index in [0.717, 1.165) is 36.2 Å². The van der Waals surface area contributed by atoms with Crippen LogP contribution < -0.4 is 0 Å². The van der Waals surface area contributed by atoms with E-state index in [2.05, 4.69) is 34.7 Å². The molecular weight excluding hydrogens is 316 g/mol. The van der Waals surface area contributed by atoms with Gasteiger partial charge in [0.25, 0.3) is 0 Å². The van der Waals surface area contributed by atoms with E-state index >= 15 is 0 Å². The third-order valence-corrected chi connectivity index (χ3v) is 4.95. The number of hydrogen-bond donors (Lipinski definition) is 0. The number of halogens is 1. The molecule has 2 rings (SSSR count). The lowest BCUT2D eigenvalue weighted by Gasteiger charge is -2.38. The Hall–Kier alpha value is -0.870. The highest BCUT2D eigenvalue weighted by Gasteiger charge is 2.23. The van der Waals surface area contributed by atoms with Gasteiger partial charge in [0.15, 0.2) is 0 Å². The Labute approximate surface area is 130 Å². The zero-order valence-electron chi connectivity index (χ0n) is 12.3. The van der Waals surface area contributed by atoms with Crippen molar-refractivity contribution in [3.05, 3.63) is 34.3 Å². The lowest BCUT2D eigenvalue weighted by atomic mass is 10.1. The number of benzene rings is 1. The normalized spacial score (nSPS) is 18.1. The standard InChI is InChI=1S/C16H23BrN2O/c1-3-13(2)18-8-10-19(11-9-18)16(20)12-14-6-4-5-7-15(14)17/h4-7,13H,3,8-12H2,1-2H3. The maximum absolute atomic E-state index is 12.4. The lowest BCUT2D eigenvalue weighted by Crippen LogP contribution is -2.51. The fourth-order valence-electron chi connectivity index (χ4n) is 2.59. The molecule has 1 saturated heterocycles. The van der Waals surface area contributed by atoms with Crippen LogP contribution in [0.4, 0.5) is 0 Å². The van der Waals surface area contributed by atoms with E-state index in [9.17, 15) is 4.79 Å². The monoisotopic (exact) mass is 338 g/mol. The Bertz CT molecular complexity index is 456. The summed E-state index contributed by atoms with van der Waals surface area (Å²) >= 11 is 3.51. The van der Waals surface area contributed by atoms with Crippen LogP contribution in [0.5, 0.6) is 0 Å². The summed E-state index contributed by atoms with van der Waals surface area (Å²) in [7, 11) is 0. The minimum Gasteiger partial charge on any atom is -0.340 e. The molecule has 0 spiro atoms. The van der Waals surface area contributed by atoms with Crippen LogP contribution in [-0.2, 0) is 11.2 Å². The van der Waals surface area contributed by atoms with Gasteiger partial charge in [-0.15, -0.1) is 0 Å². The maximum atomic E-state index is 12.4. The van der Waals surface area contributed by atoms with Gasteiger partial charge in [0.1, 0.15) is 0 Å². The van der Waals surface area contributed by atoms with Crippen LogP contribution in [0.25, 0.3) is 0 Å². The van der Waals surface area contributed by atoms with Gasteiger partial charge in [-0.2, -0.15) is 0 Å². The number of hydrogen-bond acceptors (Lipinski definition) is 2. The lowest BCUT2D eigenvalue weighted by molar-refractivity contribution is -0.132. The highest BCUT2D eigenvalue weighted by Crippen LogP contribution is 2.18. The van der Waals surface area contributed by atoms with Gasteiger partial charge in [-0.25, -0.2) is 0 Å². The summed E-state index contributed by atoms with van der Waals surface area (Å²) < 4.78 is 1.02. The summed E-state index contributed by atoms with van der Waals surface area (Å²) in [6.45, 7) is 8.18. The molecule has 3 nitrogen and oxygen atoms in total. The molecular formula is C16H23BrN2O. The average Bonchev–Trinajstić information content (AvgIpc) is 2.49. The summed E-state index contributed by atoms with van der Waals surface area (Å²) in [6.07, 6.45) is 1.66. The van der Waals surface area contributed by atoms with Crippen molar-refractivity contribution in [1.29, 1.82) is 0 Å². The molecule has 110 valence electrons. The predicted molar refractivity (Wildman–Crippen MR) is 85.8 cm³/mol. The number of nitrogens with zero attached hydrogens (tertiary/aromatic N) is 2. The van der Waals surface area contributed by atoms with Crippen molar-refractivity contribution < 1.29 is 4.79 Å². The van der Waals surface area contributed by atoms with E-state index in [1.54, 1.807) is 0 Å². The quantitative estimate of drug-likeness (QED) is 0.842. The summed E-state index contributed by atoms with van der Waals surface area (Å²) in [4.78, 5) is 16.8. The summed E-state index contributed by atoms with van der Waals surface area (Å²) in [5, 5.41) is 0. The highest BCUT2D eigenvalue weighted by molar-refractivity contribution is 9.10. The molecule has 0 saturated carbocycles. The number of carbonyl (C=O) groups is 1. The van der Waals surface area contributed by atoms with Gasteiger partial charge < -0.3 is 4.90 Å². The van der Waals surface area contributed by atoms with Crippen LogP contribution in [0, 0.1) is 0 Å². The first-order valence-corrected chi connectivity index (χ1v) is 8.16. The van der Waals surface area contributed by atoms with Crippen LogP contribution in [0.2, 0.25) is 0 Å². The number of carbonyl (C=O) groups excluding carboxylic acids is 1. The molecule has 1 heterocycles. The van der Waals surface area contributed by atoms with Crippen molar-refractivity contribution in [2.24, 2.45) is 0 Å². The second-order valence-electron chi connectivity index (χ2n) is 5.44. The van der Waals surface area contributed by atoms with E-state index in [4.69, 9.17) is 0 Å². The highest BCUT2D eigenvalue weighted by atomic mass is 79.9. The summed E-state index contributed by atoms with van der Waals surface area (Å²) in [5.74, 6) is 0.237. The maximum Gasteiger partial charge on any atom is 0.227 e. The van der Waals surface area contributed by atoms with Gasteiger partial charge in [-0.05, 0) is 25.0 Å². The fourth-order valence-corrected chi connectivity index (χ4v) is 3.01. The van der Waals surface area contributed by atoms with Crippen LogP contribution in [0.3, 0.4) is 0 Å². The molecule has 0 aromatic heterocycles. The molecule has 1 aromatic rings. The number of piperazine rings is 1. The van der Waals surface area contributed by atoms with Crippen molar-refractivity contribution in [2.45, 2.75) is 32.7 Å². The van der Waals surface area contributed by atoms with Crippen molar-refractivity contribution >= 4 is 21.8 Å². The van der Waals surface area contributed by atoms with E-state index in [0.29, 0.717) is 12.5 Å². The van der Waals surface area contributed by atoms with Crippen LogP contribution in [0.1, 0.15) is 25.8 Å². The minimum atomic E-state index is 0.237. The molecule has 1 amide bonds. The van der Waals surface area contributed by atoms with Gasteiger partial charge in [-0.3, -0.25) is 9.69 Å². The predicted octanol–water partition coefficient (Wildman–Crippen LogP) is 2.93. The Balaban J connectivity index is 1.88. The fraction of sp³-hybridized carbons (Fsp3) is 0.562. The molecule has 20 heavy (non-hydrogen) atoms. The molecule has 0 radical (unpaired) electrons. The van der Waals surface area contributed by atoms with Crippen molar-refractivity contribution in [3.8, 4) is 0 Å². The first-order chi connectivity index (χ1) is 9.61. The van der Waals surface area contributed by atoms with E-state index in [1.165, 1.54) is 6.42 Å². The van der Waals surface area contributed by atoms with Crippen LogP contribution in [-0.4, -0.2) is 47.9 Å². The second-order valence-corrected chi connectivity index (χ2v) is 6.30.